The molecule has 5 nitrogen and oxygen atoms in total. The maximum atomic E-state index is 13.9. The third-order valence-corrected chi connectivity index (χ3v) is 7.13. The monoisotopic (exact) mass is 475 g/mol. The molecule has 0 N–H and O–H groups in total. The summed E-state index contributed by atoms with van der Waals surface area (Å²) in [6, 6.07) is 24.4. The summed E-state index contributed by atoms with van der Waals surface area (Å²) in [6.07, 6.45) is 1.51. The number of piperidine rings is 1. The normalized spacial score (nSPS) is 16.0. The molecule has 0 aliphatic carbocycles. The highest BCUT2D eigenvalue weighted by Gasteiger charge is 2.34. The number of likely N-dealkylation sites (tertiary alicyclic amines) is 1. The number of rotatable bonds is 4. The van der Waals surface area contributed by atoms with Crippen LogP contribution in [-0.2, 0) is 4.79 Å². The van der Waals surface area contributed by atoms with Crippen LogP contribution in [0.25, 0.3) is 10.2 Å². The Hall–Kier alpha value is -3.22. The van der Waals surface area contributed by atoms with Gasteiger partial charge in [-0.05, 0) is 61.4 Å². The number of amides is 2. The van der Waals surface area contributed by atoms with Gasteiger partial charge in [-0.15, -0.1) is 0 Å². The van der Waals surface area contributed by atoms with E-state index in [1.165, 1.54) is 11.3 Å². The molecule has 5 rings (SSSR count). The van der Waals surface area contributed by atoms with Crippen LogP contribution in [0.15, 0.2) is 78.9 Å². The highest BCUT2D eigenvalue weighted by Crippen LogP contribution is 2.35. The summed E-state index contributed by atoms with van der Waals surface area (Å²) >= 11 is 7.47. The average molecular weight is 476 g/mol. The first kappa shape index (κ1) is 21.6. The van der Waals surface area contributed by atoms with Crippen LogP contribution in [0.5, 0.6) is 0 Å². The number of hydrogen-bond acceptors (Lipinski definition) is 4. The lowest BCUT2D eigenvalue weighted by molar-refractivity contribution is -0.122. The molecule has 1 fully saturated rings. The molecule has 2 heterocycles. The van der Waals surface area contributed by atoms with Gasteiger partial charge in [0.25, 0.3) is 5.91 Å². The Labute approximate surface area is 201 Å². The van der Waals surface area contributed by atoms with Gasteiger partial charge in [0.1, 0.15) is 0 Å². The van der Waals surface area contributed by atoms with E-state index in [4.69, 9.17) is 16.6 Å². The highest BCUT2D eigenvalue weighted by molar-refractivity contribution is 7.22. The minimum absolute atomic E-state index is 0.0335. The lowest BCUT2D eigenvalue weighted by Gasteiger charge is -2.34. The van der Waals surface area contributed by atoms with Gasteiger partial charge in [0.2, 0.25) is 5.91 Å². The van der Waals surface area contributed by atoms with Crippen molar-refractivity contribution >= 4 is 55.8 Å². The number of para-hydroxylation sites is 2. The van der Waals surface area contributed by atoms with Gasteiger partial charge in [-0.25, -0.2) is 4.98 Å². The van der Waals surface area contributed by atoms with Crippen molar-refractivity contribution in [3.8, 4) is 0 Å². The molecule has 1 unspecified atom stereocenters. The molecule has 1 saturated heterocycles. The molecule has 0 spiro atoms. The van der Waals surface area contributed by atoms with Crippen LogP contribution in [0, 0.1) is 5.92 Å². The Morgan fingerprint density at radius 1 is 0.970 bits per heavy atom. The van der Waals surface area contributed by atoms with Gasteiger partial charge in [0.05, 0.1) is 21.8 Å². The van der Waals surface area contributed by atoms with Crippen molar-refractivity contribution in [3.05, 3.63) is 89.4 Å². The van der Waals surface area contributed by atoms with Crippen molar-refractivity contribution in [2.75, 3.05) is 18.0 Å². The Bertz CT molecular complexity index is 1260. The number of nitrogens with zero attached hydrogens (tertiary/aromatic N) is 3. The second kappa shape index (κ2) is 9.33. The zero-order chi connectivity index (χ0) is 22.8. The molecule has 0 bridgehead atoms. The second-order valence-corrected chi connectivity index (χ2v) is 9.52. The molecule has 1 aromatic heterocycles. The number of anilines is 2. The number of aromatic nitrogens is 1. The first-order valence-electron chi connectivity index (χ1n) is 10.9. The second-order valence-electron chi connectivity index (χ2n) is 8.07. The van der Waals surface area contributed by atoms with Crippen LogP contribution in [0.1, 0.15) is 23.2 Å². The summed E-state index contributed by atoms with van der Waals surface area (Å²) in [5.41, 5.74) is 2.23. The van der Waals surface area contributed by atoms with Gasteiger partial charge in [-0.1, -0.05) is 53.3 Å². The first-order valence-corrected chi connectivity index (χ1v) is 12.1. The summed E-state index contributed by atoms with van der Waals surface area (Å²) in [6.45, 7) is 1.02. The van der Waals surface area contributed by atoms with E-state index in [0.717, 1.165) is 28.7 Å². The number of fused-ring (bicyclic) bond motifs is 1. The SMILES string of the molecule is O=C(c1ccc(Cl)cc1)N1CCCC(C(=O)N(c2ccccc2)c2nc3ccccc3s2)C1. The molecule has 1 atom stereocenters. The zero-order valence-electron chi connectivity index (χ0n) is 17.9. The number of carbonyl (C=O) groups is 2. The van der Waals surface area contributed by atoms with Crippen molar-refractivity contribution in [2.24, 2.45) is 5.92 Å². The lowest BCUT2D eigenvalue weighted by atomic mass is 9.95. The van der Waals surface area contributed by atoms with Gasteiger partial charge in [-0.3, -0.25) is 14.5 Å². The van der Waals surface area contributed by atoms with E-state index < -0.39 is 0 Å². The van der Waals surface area contributed by atoms with Crippen molar-refractivity contribution in [2.45, 2.75) is 12.8 Å². The van der Waals surface area contributed by atoms with Crippen LogP contribution < -0.4 is 4.90 Å². The molecular weight excluding hydrogens is 454 g/mol. The van der Waals surface area contributed by atoms with Gasteiger partial charge >= 0.3 is 0 Å². The molecule has 3 aromatic carbocycles. The summed E-state index contributed by atoms with van der Waals surface area (Å²) in [4.78, 5) is 35.2. The molecule has 0 saturated carbocycles. The lowest BCUT2D eigenvalue weighted by Crippen LogP contribution is -2.45. The van der Waals surface area contributed by atoms with E-state index in [9.17, 15) is 9.59 Å². The highest BCUT2D eigenvalue weighted by atomic mass is 35.5. The Balaban J connectivity index is 1.44. The van der Waals surface area contributed by atoms with Crippen molar-refractivity contribution in [1.82, 2.24) is 9.88 Å². The largest absolute Gasteiger partial charge is 0.338 e. The number of benzene rings is 3. The predicted molar refractivity (Wildman–Crippen MR) is 133 cm³/mol. The Kier molecular flexibility index (Phi) is 6.11. The van der Waals surface area contributed by atoms with E-state index >= 15 is 0 Å². The van der Waals surface area contributed by atoms with Gasteiger partial charge < -0.3 is 4.90 Å². The quantitative estimate of drug-likeness (QED) is 0.355. The van der Waals surface area contributed by atoms with Crippen LogP contribution in [0.2, 0.25) is 5.02 Å². The van der Waals surface area contributed by atoms with Crippen LogP contribution >= 0.6 is 22.9 Å². The minimum atomic E-state index is -0.304. The molecule has 1 aliphatic rings. The third-order valence-electron chi connectivity index (χ3n) is 5.86. The molecule has 166 valence electrons. The van der Waals surface area contributed by atoms with E-state index in [-0.39, 0.29) is 17.7 Å². The van der Waals surface area contributed by atoms with Crippen LogP contribution in [-0.4, -0.2) is 34.8 Å². The molecular formula is C26H22ClN3O2S. The van der Waals surface area contributed by atoms with Gasteiger partial charge in [-0.2, -0.15) is 0 Å². The Morgan fingerprint density at radius 2 is 1.70 bits per heavy atom. The molecule has 1 aliphatic heterocycles. The molecule has 4 aromatic rings. The summed E-state index contributed by atoms with van der Waals surface area (Å²) in [5, 5.41) is 1.24. The van der Waals surface area contributed by atoms with Gasteiger partial charge in [0.15, 0.2) is 5.13 Å². The zero-order valence-corrected chi connectivity index (χ0v) is 19.4. The first-order chi connectivity index (χ1) is 16.1. The summed E-state index contributed by atoms with van der Waals surface area (Å²) in [5.74, 6) is -0.411. The van der Waals surface area contributed by atoms with Crippen molar-refractivity contribution in [3.63, 3.8) is 0 Å². The molecule has 7 heteroatoms. The standard InChI is InChI=1S/C26H22ClN3O2S/c27-20-14-12-18(13-15-20)24(31)29-16-6-7-19(17-29)25(32)30(21-8-2-1-3-9-21)26-28-22-10-4-5-11-23(22)33-26/h1-5,8-15,19H,6-7,16-17H2. The predicted octanol–water partition coefficient (Wildman–Crippen LogP) is 6.17. The summed E-state index contributed by atoms with van der Waals surface area (Å²) < 4.78 is 1.03. The number of carbonyl (C=O) groups excluding carboxylic acids is 2. The smallest absolute Gasteiger partial charge is 0.253 e. The van der Waals surface area contributed by atoms with E-state index in [0.29, 0.717) is 28.8 Å². The number of hydrogen-bond donors (Lipinski definition) is 0. The summed E-state index contributed by atoms with van der Waals surface area (Å²) in [7, 11) is 0. The van der Waals surface area contributed by atoms with Gasteiger partial charge in [0, 0.05) is 23.7 Å². The number of thiazole rings is 1. The maximum Gasteiger partial charge on any atom is 0.253 e. The fourth-order valence-corrected chi connectivity index (χ4v) is 5.30. The average Bonchev–Trinajstić information content (AvgIpc) is 3.28. The molecule has 33 heavy (non-hydrogen) atoms. The van der Waals surface area contributed by atoms with E-state index in [1.54, 1.807) is 34.1 Å². The van der Waals surface area contributed by atoms with E-state index in [1.807, 2.05) is 54.6 Å². The van der Waals surface area contributed by atoms with Crippen LogP contribution in [0.3, 0.4) is 0 Å². The topological polar surface area (TPSA) is 53.5 Å². The molecule has 0 radical (unpaired) electrons. The van der Waals surface area contributed by atoms with Crippen molar-refractivity contribution in [1.29, 1.82) is 0 Å². The fraction of sp³-hybridized carbons (Fsp3) is 0.192. The maximum absolute atomic E-state index is 13.9. The minimum Gasteiger partial charge on any atom is -0.338 e. The number of halogens is 1. The fourth-order valence-electron chi connectivity index (χ4n) is 4.19. The van der Waals surface area contributed by atoms with E-state index in [2.05, 4.69) is 0 Å². The Morgan fingerprint density at radius 3 is 2.45 bits per heavy atom. The molecule has 2 amide bonds. The van der Waals surface area contributed by atoms with Crippen LogP contribution in [0.4, 0.5) is 10.8 Å². The van der Waals surface area contributed by atoms with Crippen molar-refractivity contribution < 1.29 is 9.59 Å². The third kappa shape index (κ3) is 4.49.